The van der Waals surface area contributed by atoms with Crippen LogP contribution in [-0.4, -0.2) is 42.9 Å². The summed E-state index contributed by atoms with van der Waals surface area (Å²) in [6.45, 7) is 4.63. The Morgan fingerprint density at radius 2 is 1.76 bits per heavy atom. The first-order valence-electron chi connectivity index (χ1n) is 12.0. The molecule has 0 spiro atoms. The van der Waals surface area contributed by atoms with Crippen molar-refractivity contribution < 1.29 is 18.4 Å². The Balaban J connectivity index is 1.13. The summed E-state index contributed by atoms with van der Waals surface area (Å²) in [7, 11) is 0. The number of halogens is 1. The predicted octanol–water partition coefficient (Wildman–Crippen LogP) is 6.12. The van der Waals surface area contributed by atoms with Crippen LogP contribution in [0.2, 0.25) is 5.02 Å². The summed E-state index contributed by atoms with van der Waals surface area (Å²) in [5.74, 6) is 1.28. The molecular formula is C29H26ClN3O4. The number of nitrogens with one attached hydrogen (secondary N) is 1. The molecule has 188 valence electrons. The molecule has 1 N–H and O–H groups in total. The van der Waals surface area contributed by atoms with Gasteiger partial charge in [-0.1, -0.05) is 23.7 Å². The van der Waals surface area contributed by atoms with E-state index in [2.05, 4.69) is 10.2 Å². The molecule has 2 aromatic heterocycles. The molecule has 3 heterocycles. The van der Waals surface area contributed by atoms with Gasteiger partial charge in [0.25, 0.3) is 5.91 Å². The lowest BCUT2D eigenvalue weighted by molar-refractivity contribution is -0.111. The van der Waals surface area contributed by atoms with E-state index in [1.54, 1.807) is 23.1 Å². The van der Waals surface area contributed by atoms with Gasteiger partial charge < -0.3 is 24.0 Å². The number of furan rings is 2. The molecule has 1 aliphatic heterocycles. The second kappa shape index (κ2) is 10.8. The molecular weight excluding hydrogens is 490 g/mol. The number of nitrogens with zero attached hydrogens (tertiary/aromatic N) is 2. The van der Waals surface area contributed by atoms with Crippen LogP contribution in [-0.2, 0) is 4.79 Å². The summed E-state index contributed by atoms with van der Waals surface area (Å²) in [4.78, 5) is 28.9. The Bertz CT molecular complexity index is 1420. The van der Waals surface area contributed by atoms with E-state index in [4.69, 9.17) is 20.4 Å². The van der Waals surface area contributed by atoms with Gasteiger partial charge in [-0.15, -0.1) is 0 Å². The second-order valence-electron chi connectivity index (χ2n) is 8.79. The van der Waals surface area contributed by atoms with Gasteiger partial charge in [0.15, 0.2) is 5.76 Å². The third-order valence-electron chi connectivity index (χ3n) is 6.28. The quantitative estimate of drug-likeness (QED) is 0.313. The molecule has 2 amide bonds. The lowest BCUT2D eigenvalue weighted by atomic mass is 10.1. The Kier molecular flexibility index (Phi) is 7.14. The summed E-state index contributed by atoms with van der Waals surface area (Å²) in [5.41, 5.74) is 3.62. The molecule has 0 unspecified atom stereocenters. The van der Waals surface area contributed by atoms with Gasteiger partial charge in [-0.05, 0) is 73.2 Å². The van der Waals surface area contributed by atoms with Gasteiger partial charge in [-0.3, -0.25) is 9.59 Å². The highest BCUT2D eigenvalue weighted by atomic mass is 35.5. The first-order valence-corrected chi connectivity index (χ1v) is 12.4. The molecule has 0 atom stereocenters. The van der Waals surface area contributed by atoms with Crippen LogP contribution in [0.1, 0.15) is 21.9 Å². The number of carbonyl (C=O) groups excluding carboxylic acids is 2. The highest BCUT2D eigenvalue weighted by Gasteiger charge is 2.23. The molecule has 37 heavy (non-hydrogen) atoms. The molecule has 4 aromatic rings. The fourth-order valence-electron chi connectivity index (χ4n) is 4.16. The highest BCUT2D eigenvalue weighted by molar-refractivity contribution is 6.31. The van der Waals surface area contributed by atoms with Gasteiger partial charge in [0.1, 0.15) is 11.5 Å². The average Bonchev–Trinajstić information content (AvgIpc) is 3.62. The van der Waals surface area contributed by atoms with Gasteiger partial charge in [0, 0.05) is 54.2 Å². The molecule has 7 nitrogen and oxygen atoms in total. The monoisotopic (exact) mass is 515 g/mol. The number of amides is 2. The Morgan fingerprint density at radius 3 is 2.46 bits per heavy atom. The minimum atomic E-state index is -0.255. The molecule has 8 heteroatoms. The van der Waals surface area contributed by atoms with Crippen molar-refractivity contribution in [1.82, 2.24) is 4.90 Å². The lowest BCUT2D eigenvalue weighted by Gasteiger charge is -2.35. The van der Waals surface area contributed by atoms with Crippen LogP contribution in [0.15, 0.2) is 87.9 Å². The van der Waals surface area contributed by atoms with Crippen LogP contribution >= 0.6 is 11.6 Å². The van der Waals surface area contributed by atoms with Crippen LogP contribution < -0.4 is 10.2 Å². The zero-order valence-corrected chi connectivity index (χ0v) is 21.1. The number of hydrogen-bond donors (Lipinski definition) is 1. The molecule has 1 fully saturated rings. The van der Waals surface area contributed by atoms with E-state index < -0.39 is 0 Å². The van der Waals surface area contributed by atoms with Crippen molar-refractivity contribution in [3.63, 3.8) is 0 Å². The van der Waals surface area contributed by atoms with Gasteiger partial charge in [-0.25, -0.2) is 0 Å². The highest BCUT2D eigenvalue weighted by Crippen LogP contribution is 2.27. The van der Waals surface area contributed by atoms with Crippen molar-refractivity contribution in [2.24, 2.45) is 0 Å². The standard InChI is InChI=1S/C29H26ClN3O4/c1-20-4-5-21(19-25(20)30)26-12-10-24(37-26)11-13-28(34)31-22-6-8-23(9-7-22)32-14-16-33(17-15-32)29(35)27-3-2-18-36-27/h2-13,18-19H,14-17H2,1H3,(H,31,34)/b13-11+. The number of benzene rings is 2. The fourth-order valence-corrected chi connectivity index (χ4v) is 4.35. The van der Waals surface area contributed by atoms with E-state index in [1.807, 2.05) is 61.5 Å². The van der Waals surface area contributed by atoms with Crippen molar-refractivity contribution in [3.8, 4) is 11.3 Å². The SMILES string of the molecule is Cc1ccc(-c2ccc(/C=C/C(=O)Nc3ccc(N4CCN(C(=O)c5ccco5)CC4)cc3)o2)cc1Cl. The van der Waals surface area contributed by atoms with Crippen LogP contribution in [0, 0.1) is 6.92 Å². The molecule has 1 aliphatic rings. The number of rotatable bonds is 6. The molecule has 0 bridgehead atoms. The zero-order valence-electron chi connectivity index (χ0n) is 20.3. The van der Waals surface area contributed by atoms with Crippen molar-refractivity contribution in [1.29, 1.82) is 0 Å². The number of carbonyl (C=O) groups is 2. The molecule has 5 rings (SSSR count). The number of hydrogen-bond acceptors (Lipinski definition) is 5. The summed E-state index contributed by atoms with van der Waals surface area (Å²) in [5, 5.41) is 3.54. The number of anilines is 2. The van der Waals surface area contributed by atoms with Crippen LogP contribution in [0.5, 0.6) is 0 Å². The molecule has 0 radical (unpaired) electrons. The topological polar surface area (TPSA) is 78.9 Å². The predicted molar refractivity (Wildman–Crippen MR) is 145 cm³/mol. The van der Waals surface area contributed by atoms with E-state index in [1.165, 1.54) is 12.3 Å². The van der Waals surface area contributed by atoms with E-state index in [0.717, 1.165) is 29.9 Å². The summed E-state index contributed by atoms with van der Waals surface area (Å²) < 4.78 is 11.1. The lowest BCUT2D eigenvalue weighted by Crippen LogP contribution is -2.48. The van der Waals surface area contributed by atoms with Gasteiger partial charge in [-0.2, -0.15) is 0 Å². The molecule has 0 aliphatic carbocycles. The minimum Gasteiger partial charge on any atom is -0.459 e. The van der Waals surface area contributed by atoms with Crippen LogP contribution in [0.3, 0.4) is 0 Å². The summed E-state index contributed by atoms with van der Waals surface area (Å²) in [6, 6.07) is 20.5. The largest absolute Gasteiger partial charge is 0.459 e. The molecule has 1 saturated heterocycles. The van der Waals surface area contributed by atoms with Gasteiger partial charge in [0.05, 0.1) is 6.26 Å². The number of aryl methyl sites for hydroxylation is 1. The number of piperazine rings is 1. The van der Waals surface area contributed by atoms with Gasteiger partial charge in [0.2, 0.25) is 5.91 Å². The van der Waals surface area contributed by atoms with Crippen molar-refractivity contribution in [3.05, 3.63) is 101 Å². The van der Waals surface area contributed by atoms with E-state index in [9.17, 15) is 9.59 Å². The van der Waals surface area contributed by atoms with E-state index in [-0.39, 0.29) is 11.8 Å². The maximum atomic E-state index is 12.4. The van der Waals surface area contributed by atoms with Crippen LogP contribution in [0.4, 0.5) is 11.4 Å². The Labute approximate surface area is 219 Å². The van der Waals surface area contributed by atoms with E-state index >= 15 is 0 Å². The third-order valence-corrected chi connectivity index (χ3v) is 6.69. The average molecular weight is 516 g/mol. The van der Waals surface area contributed by atoms with Gasteiger partial charge >= 0.3 is 0 Å². The fraction of sp³-hybridized carbons (Fsp3) is 0.172. The minimum absolute atomic E-state index is 0.0823. The van der Waals surface area contributed by atoms with Crippen LogP contribution in [0.25, 0.3) is 17.4 Å². The first-order chi connectivity index (χ1) is 18.0. The third kappa shape index (κ3) is 5.78. The maximum absolute atomic E-state index is 12.4. The molecule has 2 aromatic carbocycles. The maximum Gasteiger partial charge on any atom is 0.289 e. The molecule has 0 saturated carbocycles. The normalized spacial score (nSPS) is 13.8. The second-order valence-corrected chi connectivity index (χ2v) is 9.20. The summed E-state index contributed by atoms with van der Waals surface area (Å²) in [6.07, 6.45) is 4.58. The van der Waals surface area contributed by atoms with Crippen molar-refractivity contribution in [2.45, 2.75) is 6.92 Å². The smallest absolute Gasteiger partial charge is 0.289 e. The Morgan fingerprint density at radius 1 is 0.973 bits per heavy atom. The van der Waals surface area contributed by atoms with Crippen molar-refractivity contribution >= 4 is 40.9 Å². The summed E-state index contributed by atoms with van der Waals surface area (Å²) >= 11 is 6.21. The first kappa shape index (κ1) is 24.5. The van der Waals surface area contributed by atoms with E-state index in [0.29, 0.717) is 41.1 Å². The zero-order chi connectivity index (χ0) is 25.8. The Hall–Kier alpha value is -4.23. The van der Waals surface area contributed by atoms with Crippen molar-refractivity contribution in [2.75, 3.05) is 36.4 Å².